The molecule has 0 unspecified atom stereocenters. The van der Waals surface area contributed by atoms with E-state index in [1.54, 1.807) is 0 Å². The van der Waals surface area contributed by atoms with Crippen LogP contribution in [0.1, 0.15) is 19.5 Å². The lowest BCUT2D eigenvalue weighted by molar-refractivity contribution is 0.846. The highest BCUT2D eigenvalue weighted by Crippen LogP contribution is 2.14. The number of pyridine rings is 1. The van der Waals surface area contributed by atoms with Crippen molar-refractivity contribution in [2.75, 3.05) is 23.3 Å². The smallest absolute Gasteiger partial charge is 0.128 e. The van der Waals surface area contributed by atoms with Crippen LogP contribution in [0, 0.1) is 0 Å². The van der Waals surface area contributed by atoms with Crippen molar-refractivity contribution < 1.29 is 0 Å². The van der Waals surface area contributed by atoms with E-state index in [1.807, 2.05) is 18.5 Å². The monoisotopic (exact) mass is 244 g/mol. The van der Waals surface area contributed by atoms with Gasteiger partial charge >= 0.3 is 0 Å². The molecule has 0 amide bonds. The van der Waals surface area contributed by atoms with Gasteiger partial charge in [-0.3, -0.25) is 0 Å². The number of anilines is 2. The van der Waals surface area contributed by atoms with Crippen molar-refractivity contribution in [1.29, 1.82) is 0 Å². The molecule has 0 radical (unpaired) electrons. The van der Waals surface area contributed by atoms with E-state index in [2.05, 4.69) is 52.2 Å². The van der Waals surface area contributed by atoms with Crippen LogP contribution in [-0.2, 0) is 6.54 Å². The number of rotatable bonds is 6. The van der Waals surface area contributed by atoms with Crippen molar-refractivity contribution in [1.82, 2.24) is 9.97 Å². The Hall–Kier alpha value is -1.97. The molecule has 0 aliphatic heterocycles. The molecule has 4 heteroatoms. The summed E-state index contributed by atoms with van der Waals surface area (Å²) in [6.07, 6.45) is 3.81. The summed E-state index contributed by atoms with van der Waals surface area (Å²) in [5.41, 5.74) is 2.21. The molecular weight excluding hydrogens is 224 g/mol. The summed E-state index contributed by atoms with van der Waals surface area (Å²) in [5.74, 6) is 1.03. The van der Waals surface area contributed by atoms with Gasteiger partial charge in [0.2, 0.25) is 0 Å². The van der Waals surface area contributed by atoms with E-state index in [1.165, 1.54) is 5.69 Å². The maximum Gasteiger partial charge on any atom is 0.128 e. The molecule has 0 aliphatic carbocycles. The summed E-state index contributed by atoms with van der Waals surface area (Å²) >= 11 is 0. The summed E-state index contributed by atoms with van der Waals surface area (Å²) < 4.78 is 0. The topological polar surface area (TPSA) is 44.0 Å². The van der Waals surface area contributed by atoms with Crippen molar-refractivity contribution in [2.45, 2.75) is 20.4 Å². The van der Waals surface area contributed by atoms with Crippen LogP contribution >= 0.6 is 0 Å². The Morgan fingerprint density at radius 3 is 2.61 bits per heavy atom. The first-order valence-corrected chi connectivity index (χ1v) is 6.40. The van der Waals surface area contributed by atoms with Gasteiger partial charge in [-0.1, -0.05) is 0 Å². The van der Waals surface area contributed by atoms with Crippen LogP contribution in [0.2, 0.25) is 0 Å². The van der Waals surface area contributed by atoms with E-state index in [9.17, 15) is 0 Å². The molecule has 2 aromatic rings. The van der Waals surface area contributed by atoms with E-state index >= 15 is 0 Å². The fraction of sp³-hybridized carbons (Fsp3) is 0.357. The Kier molecular flexibility index (Phi) is 4.23. The second-order valence-corrected chi connectivity index (χ2v) is 4.13. The summed E-state index contributed by atoms with van der Waals surface area (Å²) in [6, 6.07) is 8.19. The molecule has 0 fully saturated rings. The molecule has 0 saturated carbocycles. The largest absolute Gasteiger partial charge is 0.378 e. The number of aromatic amines is 1. The molecule has 0 aromatic carbocycles. The third kappa shape index (κ3) is 3.03. The van der Waals surface area contributed by atoms with Crippen molar-refractivity contribution in [2.24, 2.45) is 0 Å². The van der Waals surface area contributed by atoms with E-state index in [0.717, 1.165) is 31.1 Å². The molecule has 4 nitrogen and oxygen atoms in total. The Balaban J connectivity index is 1.95. The zero-order chi connectivity index (χ0) is 12.8. The van der Waals surface area contributed by atoms with Crippen molar-refractivity contribution in [3.63, 3.8) is 0 Å². The van der Waals surface area contributed by atoms with Crippen molar-refractivity contribution in [3.05, 3.63) is 42.4 Å². The Morgan fingerprint density at radius 1 is 1.22 bits per heavy atom. The van der Waals surface area contributed by atoms with Crippen molar-refractivity contribution >= 4 is 11.5 Å². The van der Waals surface area contributed by atoms with Gasteiger partial charge in [-0.05, 0) is 38.1 Å². The first-order valence-electron chi connectivity index (χ1n) is 6.40. The number of hydrogen-bond acceptors (Lipinski definition) is 3. The molecule has 0 spiro atoms. The minimum Gasteiger partial charge on any atom is -0.378 e. The van der Waals surface area contributed by atoms with Crippen molar-refractivity contribution in [3.8, 4) is 0 Å². The van der Waals surface area contributed by atoms with Crippen LogP contribution < -0.4 is 10.2 Å². The third-order valence-electron chi connectivity index (χ3n) is 2.98. The van der Waals surface area contributed by atoms with Crippen LogP contribution in [0.4, 0.5) is 11.5 Å². The predicted molar refractivity (Wildman–Crippen MR) is 75.9 cm³/mol. The summed E-state index contributed by atoms with van der Waals surface area (Å²) in [5, 5.41) is 3.34. The molecule has 2 N–H and O–H groups in total. The molecule has 18 heavy (non-hydrogen) atoms. The van der Waals surface area contributed by atoms with E-state index in [4.69, 9.17) is 0 Å². The van der Waals surface area contributed by atoms with E-state index in [-0.39, 0.29) is 0 Å². The highest BCUT2D eigenvalue weighted by Gasteiger charge is 2.02. The fourth-order valence-corrected chi connectivity index (χ4v) is 1.90. The maximum absolute atomic E-state index is 4.47. The number of hydrogen-bond donors (Lipinski definition) is 2. The lowest BCUT2D eigenvalue weighted by atomic mass is 10.3. The van der Waals surface area contributed by atoms with Gasteiger partial charge in [0.1, 0.15) is 5.82 Å². The van der Waals surface area contributed by atoms with E-state index in [0.29, 0.717) is 0 Å². The molecule has 2 aromatic heterocycles. The van der Waals surface area contributed by atoms with Gasteiger partial charge in [-0.15, -0.1) is 0 Å². The van der Waals surface area contributed by atoms with Gasteiger partial charge in [0.25, 0.3) is 0 Å². The first-order chi connectivity index (χ1) is 8.83. The molecule has 0 bridgehead atoms. The minimum absolute atomic E-state index is 0.791. The number of H-pyrrole nitrogens is 1. The second kappa shape index (κ2) is 6.10. The lowest BCUT2D eigenvalue weighted by Crippen LogP contribution is -2.22. The minimum atomic E-state index is 0.791. The molecule has 96 valence electrons. The second-order valence-electron chi connectivity index (χ2n) is 4.13. The SMILES string of the molecule is CCN(CC)c1ccc(NCc2ccc[nH]2)cn1. The number of aromatic nitrogens is 2. The van der Waals surface area contributed by atoms with Crippen LogP contribution in [0.5, 0.6) is 0 Å². The zero-order valence-electron chi connectivity index (χ0n) is 11.0. The van der Waals surface area contributed by atoms with Crippen LogP contribution in [0.3, 0.4) is 0 Å². The van der Waals surface area contributed by atoms with Crippen LogP contribution in [-0.4, -0.2) is 23.1 Å². The lowest BCUT2D eigenvalue weighted by Gasteiger charge is -2.19. The number of nitrogens with zero attached hydrogens (tertiary/aromatic N) is 2. The average Bonchev–Trinajstić information content (AvgIpc) is 2.92. The first kappa shape index (κ1) is 12.5. The van der Waals surface area contributed by atoms with Gasteiger partial charge in [-0.2, -0.15) is 0 Å². The Morgan fingerprint density at radius 2 is 2.06 bits per heavy atom. The molecule has 2 rings (SSSR count). The summed E-state index contributed by atoms with van der Waals surface area (Å²) in [6.45, 7) is 7.04. The molecule has 0 aliphatic rings. The quantitative estimate of drug-likeness (QED) is 0.821. The molecule has 0 saturated heterocycles. The van der Waals surface area contributed by atoms with Gasteiger partial charge in [0.05, 0.1) is 18.4 Å². The normalized spacial score (nSPS) is 10.3. The zero-order valence-corrected chi connectivity index (χ0v) is 11.0. The standard InChI is InChI=1S/C14H20N4/c1-3-18(4-2)14-8-7-13(11-17-14)16-10-12-6-5-9-15-12/h5-9,11,15-16H,3-4,10H2,1-2H3. The fourth-order valence-electron chi connectivity index (χ4n) is 1.90. The Labute approximate surface area is 108 Å². The van der Waals surface area contributed by atoms with Gasteiger partial charge in [0.15, 0.2) is 0 Å². The third-order valence-corrected chi connectivity index (χ3v) is 2.98. The summed E-state index contributed by atoms with van der Waals surface area (Å²) in [4.78, 5) is 9.87. The predicted octanol–water partition coefficient (Wildman–Crippen LogP) is 2.87. The number of nitrogens with one attached hydrogen (secondary N) is 2. The molecule has 2 heterocycles. The molecular formula is C14H20N4. The average molecular weight is 244 g/mol. The van der Waals surface area contributed by atoms with Gasteiger partial charge < -0.3 is 15.2 Å². The highest BCUT2D eigenvalue weighted by molar-refractivity contribution is 5.48. The van der Waals surface area contributed by atoms with Gasteiger partial charge in [0, 0.05) is 25.0 Å². The van der Waals surface area contributed by atoms with Crippen LogP contribution in [0.25, 0.3) is 0 Å². The van der Waals surface area contributed by atoms with Crippen LogP contribution in [0.15, 0.2) is 36.7 Å². The summed E-state index contributed by atoms with van der Waals surface area (Å²) in [7, 11) is 0. The van der Waals surface area contributed by atoms with Gasteiger partial charge in [-0.25, -0.2) is 4.98 Å². The Bertz CT molecular complexity index is 443. The van der Waals surface area contributed by atoms with E-state index < -0.39 is 0 Å². The molecule has 0 atom stereocenters. The highest BCUT2D eigenvalue weighted by atomic mass is 15.2. The maximum atomic E-state index is 4.47.